The Morgan fingerprint density at radius 3 is 1.27 bits per heavy atom. The lowest BCUT2D eigenvalue weighted by molar-refractivity contribution is -0.140. The summed E-state index contributed by atoms with van der Waals surface area (Å²) >= 11 is 0. The van der Waals surface area contributed by atoms with Gasteiger partial charge in [0.1, 0.15) is 17.3 Å². The van der Waals surface area contributed by atoms with Crippen LogP contribution in [-0.4, -0.2) is 57.2 Å². The molecule has 0 spiro atoms. The van der Waals surface area contributed by atoms with Crippen molar-refractivity contribution < 1.29 is 44.1 Å². The van der Waals surface area contributed by atoms with Crippen LogP contribution in [0, 0.1) is 17.8 Å². The summed E-state index contributed by atoms with van der Waals surface area (Å²) < 4.78 is 0. The Balaban J connectivity index is -0.000000411. The molecule has 0 aromatic rings. The third-order valence-corrected chi connectivity index (χ3v) is 5.10. The van der Waals surface area contributed by atoms with Crippen LogP contribution in [0.4, 0.5) is 4.79 Å². The number of aliphatic carboxylic acids is 2. The molecule has 0 saturated carbocycles. The van der Waals surface area contributed by atoms with Crippen LogP contribution >= 0.6 is 0 Å². The second kappa shape index (κ2) is 21.1. The Hall–Kier alpha value is -2.78. The highest BCUT2D eigenvalue weighted by molar-refractivity contribution is 5.82. The molecule has 10 heteroatoms. The molecule has 0 saturated heterocycles. The molecular formula is C23H41NO9. The average Bonchev–Trinajstić information content (AvgIpc) is 2.69. The number of amides is 1. The van der Waals surface area contributed by atoms with Crippen LogP contribution in [0.25, 0.3) is 0 Å². The van der Waals surface area contributed by atoms with Gasteiger partial charge in [-0.3, -0.25) is 24.0 Å². The van der Waals surface area contributed by atoms with Crippen LogP contribution in [0.3, 0.4) is 0 Å². The quantitative estimate of drug-likeness (QED) is 0.291. The van der Waals surface area contributed by atoms with E-state index in [9.17, 15) is 28.8 Å². The average molecular weight is 476 g/mol. The zero-order chi connectivity index (χ0) is 26.6. The predicted molar refractivity (Wildman–Crippen MR) is 123 cm³/mol. The smallest absolute Gasteiger partial charge is 0.404 e. The Bertz CT molecular complexity index is 631. The van der Waals surface area contributed by atoms with Gasteiger partial charge in [0.25, 0.3) is 0 Å². The highest BCUT2D eigenvalue weighted by Gasteiger charge is 2.15. The van der Waals surface area contributed by atoms with Crippen molar-refractivity contribution in [1.82, 2.24) is 5.32 Å². The number of ketones is 3. The molecule has 4 N–H and O–H groups in total. The number of Topliss-reactive ketones (excluding diaryl/α,β-unsaturated/α-hetero) is 3. The van der Waals surface area contributed by atoms with Gasteiger partial charge < -0.3 is 20.6 Å². The van der Waals surface area contributed by atoms with Crippen molar-refractivity contribution >= 4 is 35.4 Å². The third-order valence-electron chi connectivity index (χ3n) is 5.10. The fourth-order valence-electron chi connectivity index (χ4n) is 2.83. The van der Waals surface area contributed by atoms with E-state index in [-0.39, 0.29) is 47.9 Å². The zero-order valence-corrected chi connectivity index (χ0v) is 20.7. The summed E-state index contributed by atoms with van der Waals surface area (Å²) in [6.07, 6.45) is 2.22. The van der Waals surface area contributed by atoms with E-state index in [2.05, 4.69) is 5.32 Å². The number of carbonyl (C=O) groups is 6. The fourth-order valence-corrected chi connectivity index (χ4v) is 2.83. The van der Waals surface area contributed by atoms with Crippen LogP contribution in [-0.2, 0) is 24.0 Å². The minimum absolute atomic E-state index is 0.00292. The van der Waals surface area contributed by atoms with Gasteiger partial charge in [0.15, 0.2) is 0 Å². The zero-order valence-electron chi connectivity index (χ0n) is 20.7. The first-order valence-corrected chi connectivity index (χ1v) is 11.1. The molecule has 3 unspecified atom stereocenters. The summed E-state index contributed by atoms with van der Waals surface area (Å²) in [5.74, 6) is -1.91. The molecule has 1 amide bonds. The van der Waals surface area contributed by atoms with E-state index >= 15 is 0 Å². The van der Waals surface area contributed by atoms with Gasteiger partial charge in [-0.25, -0.2) is 4.79 Å². The Kier molecular flexibility index (Phi) is 22.3. The number of carboxylic acids is 2. The first-order chi connectivity index (χ1) is 15.2. The molecule has 0 bridgehead atoms. The van der Waals surface area contributed by atoms with Gasteiger partial charge in [-0.2, -0.15) is 0 Å². The van der Waals surface area contributed by atoms with E-state index in [0.717, 1.165) is 12.8 Å². The van der Waals surface area contributed by atoms with E-state index < -0.39 is 18.0 Å². The lowest BCUT2D eigenvalue weighted by atomic mass is 9.97. The fraction of sp³-hybridized carbons (Fsp3) is 0.739. The van der Waals surface area contributed by atoms with E-state index in [0.29, 0.717) is 25.8 Å². The maximum Gasteiger partial charge on any atom is 0.404 e. The number of carboxylic acid groups (broad SMARTS) is 3. The SMILES string of the molecule is CCC(CC(=O)O)C(C)=O.CCC(CCC(=O)O)C(C)=O.CCC(CCNC(=O)O)C(C)=O. The molecule has 0 rings (SSSR count). The number of carbonyl (C=O) groups excluding carboxylic acids is 3. The highest BCUT2D eigenvalue weighted by Crippen LogP contribution is 2.11. The second-order valence-corrected chi connectivity index (χ2v) is 7.70. The van der Waals surface area contributed by atoms with Crippen molar-refractivity contribution in [3.8, 4) is 0 Å². The number of nitrogens with one attached hydrogen (secondary N) is 1. The Labute approximate surface area is 196 Å². The van der Waals surface area contributed by atoms with Gasteiger partial charge >= 0.3 is 18.0 Å². The lowest BCUT2D eigenvalue weighted by Crippen LogP contribution is -2.25. The molecule has 0 radical (unpaired) electrons. The minimum atomic E-state index is -1.03. The third kappa shape index (κ3) is 23.7. The molecule has 0 aromatic carbocycles. The maximum atomic E-state index is 10.9. The van der Waals surface area contributed by atoms with Crippen molar-refractivity contribution in [2.75, 3.05) is 6.54 Å². The Morgan fingerprint density at radius 2 is 1.03 bits per heavy atom. The normalized spacial score (nSPS) is 12.4. The molecule has 0 aliphatic heterocycles. The van der Waals surface area contributed by atoms with Gasteiger partial charge in [0, 0.05) is 30.7 Å². The topological polar surface area (TPSA) is 175 Å². The number of hydrogen-bond donors (Lipinski definition) is 4. The van der Waals surface area contributed by atoms with Gasteiger partial charge in [-0.1, -0.05) is 20.8 Å². The summed E-state index contributed by atoms with van der Waals surface area (Å²) in [7, 11) is 0. The Morgan fingerprint density at radius 1 is 0.636 bits per heavy atom. The first kappa shape index (κ1) is 34.8. The van der Waals surface area contributed by atoms with Crippen LogP contribution in [0.1, 0.15) is 86.5 Å². The largest absolute Gasteiger partial charge is 0.481 e. The van der Waals surface area contributed by atoms with Crippen LogP contribution < -0.4 is 5.32 Å². The monoisotopic (exact) mass is 475 g/mol. The van der Waals surface area contributed by atoms with Crippen molar-refractivity contribution in [2.45, 2.75) is 86.5 Å². The van der Waals surface area contributed by atoms with Crippen LogP contribution in [0.5, 0.6) is 0 Å². The second-order valence-electron chi connectivity index (χ2n) is 7.70. The minimum Gasteiger partial charge on any atom is -0.481 e. The van der Waals surface area contributed by atoms with E-state index in [1.807, 2.05) is 20.8 Å². The van der Waals surface area contributed by atoms with Crippen molar-refractivity contribution in [2.24, 2.45) is 17.8 Å². The molecule has 33 heavy (non-hydrogen) atoms. The predicted octanol–water partition coefficient (Wildman–Crippen LogP) is 3.80. The summed E-state index contributed by atoms with van der Waals surface area (Å²) in [5.41, 5.74) is 0. The molecule has 0 fully saturated rings. The first-order valence-electron chi connectivity index (χ1n) is 11.1. The van der Waals surface area contributed by atoms with Crippen molar-refractivity contribution in [1.29, 1.82) is 0 Å². The van der Waals surface area contributed by atoms with Crippen molar-refractivity contribution in [3.63, 3.8) is 0 Å². The molecule has 10 nitrogen and oxygen atoms in total. The van der Waals surface area contributed by atoms with E-state index in [1.165, 1.54) is 20.8 Å². The van der Waals surface area contributed by atoms with Gasteiger partial charge in [-0.05, 0) is 52.9 Å². The summed E-state index contributed by atoms with van der Waals surface area (Å²) in [4.78, 5) is 62.6. The van der Waals surface area contributed by atoms with Gasteiger partial charge in [-0.15, -0.1) is 0 Å². The molecule has 192 valence electrons. The van der Waals surface area contributed by atoms with Crippen molar-refractivity contribution in [3.05, 3.63) is 0 Å². The molecule has 0 aromatic heterocycles. The highest BCUT2D eigenvalue weighted by atomic mass is 16.4. The number of hydrogen-bond acceptors (Lipinski definition) is 6. The molecule has 3 atom stereocenters. The molecule has 0 aliphatic carbocycles. The van der Waals surface area contributed by atoms with Crippen LogP contribution in [0.2, 0.25) is 0 Å². The summed E-state index contributed by atoms with van der Waals surface area (Å²) in [6.45, 7) is 10.5. The van der Waals surface area contributed by atoms with Gasteiger partial charge in [0.2, 0.25) is 0 Å². The van der Waals surface area contributed by atoms with Gasteiger partial charge in [0.05, 0.1) is 6.42 Å². The van der Waals surface area contributed by atoms with E-state index in [1.54, 1.807) is 0 Å². The summed E-state index contributed by atoms with van der Waals surface area (Å²) in [6, 6.07) is 0. The molecule has 0 heterocycles. The maximum absolute atomic E-state index is 10.9. The number of rotatable bonds is 14. The van der Waals surface area contributed by atoms with Crippen LogP contribution in [0.15, 0.2) is 0 Å². The molecular weight excluding hydrogens is 434 g/mol. The lowest BCUT2D eigenvalue weighted by Gasteiger charge is -2.09. The molecule has 0 aliphatic rings. The summed E-state index contributed by atoms with van der Waals surface area (Å²) in [5, 5.41) is 27.1. The van der Waals surface area contributed by atoms with E-state index in [4.69, 9.17) is 15.3 Å². The standard InChI is InChI=1S/C8H15NO3.C8H14O3.C7H12O3/c1-3-7(6(2)10)4-5-9-8(11)12;1-3-7(6(2)9)4-5-8(10)11;1-3-6(5(2)8)4-7(9)10/h7,9H,3-5H2,1-2H3,(H,11,12);7H,3-5H2,1-2H3,(H,10,11);6H,3-4H2,1-2H3,(H,9,10).